The predicted octanol–water partition coefficient (Wildman–Crippen LogP) is 1.62. The normalized spacial score (nSPS) is 15.2. The highest BCUT2D eigenvalue weighted by atomic mass is 35.5. The molecule has 0 saturated carbocycles. The Labute approximate surface area is 132 Å². The molecule has 0 unspecified atom stereocenters. The zero-order valence-corrected chi connectivity index (χ0v) is 14.1. The van der Waals surface area contributed by atoms with Gasteiger partial charge in [0, 0.05) is 31.6 Å². The summed E-state index contributed by atoms with van der Waals surface area (Å²) in [5, 5.41) is 0. The van der Waals surface area contributed by atoms with Gasteiger partial charge in [0.05, 0.1) is 18.3 Å². The summed E-state index contributed by atoms with van der Waals surface area (Å²) in [4.78, 5) is 18.4. The molecular weight excluding hydrogens is 299 g/mol. The van der Waals surface area contributed by atoms with Gasteiger partial charge in [0.2, 0.25) is 5.91 Å². The first-order valence-corrected chi connectivity index (χ1v) is 6.50. The molecular formula is C13H24Cl2N4O. The second-order valence-electron chi connectivity index (χ2n) is 5.38. The quantitative estimate of drug-likeness (QED) is 0.899. The van der Waals surface area contributed by atoms with Crippen molar-refractivity contribution in [3.8, 4) is 0 Å². The number of imidazole rings is 1. The Morgan fingerprint density at radius 3 is 2.40 bits per heavy atom. The second-order valence-corrected chi connectivity index (χ2v) is 5.38. The minimum absolute atomic E-state index is 0. The number of hydrogen-bond acceptors (Lipinski definition) is 3. The summed E-state index contributed by atoms with van der Waals surface area (Å²) in [6.45, 7) is 7.34. The first-order chi connectivity index (χ1) is 8.41. The van der Waals surface area contributed by atoms with Gasteiger partial charge in [-0.2, -0.15) is 0 Å². The van der Waals surface area contributed by atoms with Crippen molar-refractivity contribution in [2.24, 2.45) is 12.8 Å². The summed E-state index contributed by atoms with van der Waals surface area (Å²) in [6, 6.07) is -0.431. The van der Waals surface area contributed by atoms with E-state index in [4.69, 9.17) is 5.73 Å². The van der Waals surface area contributed by atoms with Gasteiger partial charge in [-0.25, -0.2) is 4.98 Å². The van der Waals surface area contributed by atoms with E-state index in [1.165, 1.54) is 5.69 Å². The summed E-state index contributed by atoms with van der Waals surface area (Å²) < 4.78 is 2.17. The molecule has 0 aliphatic carbocycles. The summed E-state index contributed by atoms with van der Waals surface area (Å²) in [6.07, 6.45) is 0.865. The average molecular weight is 323 g/mol. The molecule has 2 N–H and O–H groups in total. The standard InChI is InChI=1S/C13H22N4O.2ClH/c1-8(2)12-15-10-7-17(13(18)9(3)14)6-5-11(10)16(12)4;;/h8-9H,5-7,14H2,1-4H3;2*1H/t9-;;/m1../s1. The molecule has 5 nitrogen and oxygen atoms in total. The highest BCUT2D eigenvalue weighted by Crippen LogP contribution is 2.23. The lowest BCUT2D eigenvalue weighted by Crippen LogP contribution is -2.44. The highest BCUT2D eigenvalue weighted by molar-refractivity contribution is 5.85. The van der Waals surface area contributed by atoms with Gasteiger partial charge < -0.3 is 15.2 Å². The molecule has 1 aliphatic heterocycles. The van der Waals surface area contributed by atoms with Gasteiger partial charge in [-0.1, -0.05) is 13.8 Å². The molecule has 1 aliphatic rings. The monoisotopic (exact) mass is 322 g/mol. The smallest absolute Gasteiger partial charge is 0.239 e. The molecule has 1 aromatic rings. The number of carbonyl (C=O) groups excluding carboxylic acids is 1. The number of carbonyl (C=O) groups is 1. The Morgan fingerprint density at radius 1 is 1.30 bits per heavy atom. The van der Waals surface area contributed by atoms with Crippen molar-refractivity contribution in [3.63, 3.8) is 0 Å². The van der Waals surface area contributed by atoms with Crippen LogP contribution in [0.4, 0.5) is 0 Å². The van der Waals surface area contributed by atoms with E-state index in [9.17, 15) is 4.79 Å². The minimum atomic E-state index is -0.431. The van der Waals surface area contributed by atoms with Crippen molar-refractivity contribution >= 4 is 30.7 Å². The SMILES string of the molecule is CC(C)c1nc2c(n1C)CCN(C(=O)[C@@H](C)N)C2.Cl.Cl. The molecule has 0 fully saturated rings. The van der Waals surface area contributed by atoms with Gasteiger partial charge in [-0.15, -0.1) is 24.8 Å². The maximum Gasteiger partial charge on any atom is 0.239 e. The molecule has 0 aromatic carbocycles. The average Bonchev–Trinajstić information content (AvgIpc) is 2.65. The zero-order valence-electron chi connectivity index (χ0n) is 12.4. The molecule has 0 spiro atoms. The molecule has 1 amide bonds. The van der Waals surface area contributed by atoms with Crippen molar-refractivity contribution in [3.05, 3.63) is 17.2 Å². The summed E-state index contributed by atoms with van der Waals surface area (Å²) in [7, 11) is 2.06. The van der Waals surface area contributed by atoms with Crippen LogP contribution >= 0.6 is 24.8 Å². The van der Waals surface area contributed by atoms with E-state index < -0.39 is 6.04 Å². The maximum atomic E-state index is 11.9. The molecule has 0 bridgehead atoms. The van der Waals surface area contributed by atoms with E-state index in [0.29, 0.717) is 12.5 Å². The molecule has 1 atom stereocenters. The number of nitrogens with zero attached hydrogens (tertiary/aromatic N) is 3. The fourth-order valence-corrected chi connectivity index (χ4v) is 2.54. The predicted molar refractivity (Wildman–Crippen MR) is 84.6 cm³/mol. The second kappa shape index (κ2) is 7.29. The molecule has 0 saturated heterocycles. The number of aromatic nitrogens is 2. The number of hydrogen-bond donors (Lipinski definition) is 1. The van der Waals surface area contributed by atoms with E-state index in [0.717, 1.165) is 24.5 Å². The lowest BCUT2D eigenvalue weighted by atomic mass is 10.1. The number of halogens is 2. The lowest BCUT2D eigenvalue weighted by molar-refractivity contribution is -0.133. The van der Waals surface area contributed by atoms with Crippen LogP contribution in [0.3, 0.4) is 0 Å². The van der Waals surface area contributed by atoms with Crippen LogP contribution in [-0.4, -0.2) is 32.9 Å². The molecule has 2 rings (SSSR count). The van der Waals surface area contributed by atoms with Gasteiger partial charge in [0.15, 0.2) is 0 Å². The third kappa shape index (κ3) is 3.45. The molecule has 20 heavy (non-hydrogen) atoms. The molecule has 2 heterocycles. The van der Waals surface area contributed by atoms with E-state index in [-0.39, 0.29) is 30.7 Å². The largest absolute Gasteiger partial charge is 0.335 e. The van der Waals surface area contributed by atoms with E-state index in [2.05, 4.69) is 30.4 Å². The van der Waals surface area contributed by atoms with Crippen LogP contribution in [0.1, 0.15) is 43.9 Å². The van der Waals surface area contributed by atoms with E-state index in [1.54, 1.807) is 6.92 Å². The van der Waals surface area contributed by atoms with Gasteiger partial charge in [0.1, 0.15) is 5.82 Å². The van der Waals surface area contributed by atoms with E-state index in [1.807, 2.05) is 4.90 Å². The van der Waals surface area contributed by atoms with Crippen LogP contribution in [0.2, 0.25) is 0 Å². The fraction of sp³-hybridized carbons (Fsp3) is 0.692. The minimum Gasteiger partial charge on any atom is -0.335 e. The fourth-order valence-electron chi connectivity index (χ4n) is 2.54. The van der Waals surface area contributed by atoms with E-state index >= 15 is 0 Å². The first kappa shape index (κ1) is 19.2. The van der Waals surface area contributed by atoms with Gasteiger partial charge >= 0.3 is 0 Å². The number of rotatable bonds is 2. The molecule has 7 heteroatoms. The Balaban J connectivity index is 0.00000180. The summed E-state index contributed by atoms with van der Waals surface area (Å²) in [5.41, 5.74) is 7.94. The van der Waals surface area contributed by atoms with Crippen LogP contribution in [0.5, 0.6) is 0 Å². The topological polar surface area (TPSA) is 64.2 Å². The molecule has 116 valence electrons. The van der Waals surface area contributed by atoms with Crippen LogP contribution in [0.15, 0.2) is 0 Å². The van der Waals surface area contributed by atoms with Crippen LogP contribution in [-0.2, 0) is 24.8 Å². The van der Waals surface area contributed by atoms with Crippen LogP contribution in [0.25, 0.3) is 0 Å². The third-order valence-corrected chi connectivity index (χ3v) is 3.51. The Bertz CT molecular complexity index is 471. The summed E-state index contributed by atoms with van der Waals surface area (Å²) in [5.74, 6) is 1.51. The van der Waals surface area contributed by atoms with Crippen molar-refractivity contribution in [2.75, 3.05) is 6.54 Å². The Hall–Kier alpha value is -0.780. The molecule has 1 aromatic heterocycles. The Morgan fingerprint density at radius 2 is 1.90 bits per heavy atom. The molecule has 0 radical (unpaired) electrons. The van der Waals surface area contributed by atoms with Crippen molar-refractivity contribution in [2.45, 2.75) is 45.7 Å². The van der Waals surface area contributed by atoms with Crippen LogP contribution < -0.4 is 5.73 Å². The van der Waals surface area contributed by atoms with Gasteiger partial charge in [-0.05, 0) is 6.92 Å². The lowest BCUT2D eigenvalue weighted by Gasteiger charge is -2.28. The third-order valence-electron chi connectivity index (χ3n) is 3.51. The number of fused-ring (bicyclic) bond motifs is 1. The summed E-state index contributed by atoms with van der Waals surface area (Å²) >= 11 is 0. The van der Waals surface area contributed by atoms with Crippen molar-refractivity contribution < 1.29 is 4.79 Å². The number of amides is 1. The van der Waals surface area contributed by atoms with Gasteiger partial charge in [0.25, 0.3) is 0 Å². The van der Waals surface area contributed by atoms with Crippen LogP contribution in [0, 0.1) is 0 Å². The zero-order chi connectivity index (χ0) is 13.4. The Kier molecular flexibility index (Phi) is 7.01. The van der Waals surface area contributed by atoms with Gasteiger partial charge in [-0.3, -0.25) is 4.79 Å². The maximum absolute atomic E-state index is 11.9. The highest BCUT2D eigenvalue weighted by Gasteiger charge is 2.27. The number of nitrogens with two attached hydrogens (primary N) is 1. The van der Waals surface area contributed by atoms with Crippen molar-refractivity contribution in [1.29, 1.82) is 0 Å². The van der Waals surface area contributed by atoms with Crippen molar-refractivity contribution in [1.82, 2.24) is 14.5 Å². The first-order valence-electron chi connectivity index (χ1n) is 6.50.